The minimum absolute atomic E-state index is 0.146. The second kappa shape index (κ2) is 3.34. The molecular weight excluding hydrogens is 228 g/mol. The Morgan fingerprint density at radius 2 is 1.57 bits per heavy atom. The monoisotopic (exact) mass is 236 g/mol. The van der Waals surface area contributed by atoms with Crippen LogP contribution in [0.3, 0.4) is 0 Å². The normalized spacial score (nSPS) is 12.7. The molecule has 0 spiro atoms. The average molecular weight is 236 g/mol. The fourth-order valence-electron chi connectivity index (χ4n) is 0.865. The molecule has 0 aliphatic heterocycles. The molecule has 78 valence electrons. The zero-order chi connectivity index (χ0) is 11.0. The Morgan fingerprint density at radius 3 is 2.00 bits per heavy atom. The molecule has 7 heteroatoms. The maximum Gasteiger partial charge on any atom is 0.294 e. The van der Waals surface area contributed by atoms with Crippen LogP contribution in [-0.2, 0) is 20.0 Å². The van der Waals surface area contributed by atoms with Gasteiger partial charge in [0.1, 0.15) is 0 Å². The van der Waals surface area contributed by atoms with Gasteiger partial charge in [-0.2, -0.15) is 8.42 Å². The lowest BCUT2D eigenvalue weighted by Gasteiger charge is -2.00. The van der Waals surface area contributed by atoms with Crippen LogP contribution in [0.25, 0.3) is 0 Å². The van der Waals surface area contributed by atoms with E-state index in [0.29, 0.717) is 0 Å². The van der Waals surface area contributed by atoms with Crippen molar-refractivity contribution in [2.75, 3.05) is 6.26 Å². The molecule has 1 aromatic carbocycles. The largest absolute Gasteiger partial charge is 0.294 e. The van der Waals surface area contributed by atoms with Gasteiger partial charge in [0.05, 0.1) is 9.79 Å². The minimum Gasteiger partial charge on any atom is -0.282 e. The highest BCUT2D eigenvalue weighted by Gasteiger charge is 2.13. The van der Waals surface area contributed by atoms with Gasteiger partial charge >= 0.3 is 0 Å². The molecule has 0 unspecified atom stereocenters. The molecule has 0 aliphatic carbocycles. The molecule has 0 heterocycles. The molecule has 0 saturated carbocycles. The van der Waals surface area contributed by atoms with Gasteiger partial charge in [-0.1, -0.05) is 6.07 Å². The van der Waals surface area contributed by atoms with Crippen LogP contribution in [0.15, 0.2) is 34.1 Å². The molecule has 0 fully saturated rings. The van der Waals surface area contributed by atoms with E-state index in [1.165, 1.54) is 12.1 Å². The second-order valence-electron chi connectivity index (χ2n) is 2.72. The highest BCUT2D eigenvalue weighted by Crippen LogP contribution is 2.14. The third-order valence-electron chi connectivity index (χ3n) is 1.53. The van der Waals surface area contributed by atoms with Crippen LogP contribution >= 0.6 is 0 Å². The van der Waals surface area contributed by atoms with Crippen molar-refractivity contribution in [3.63, 3.8) is 0 Å². The first-order valence-corrected chi connectivity index (χ1v) is 6.82. The van der Waals surface area contributed by atoms with Gasteiger partial charge in [0, 0.05) is 6.26 Å². The molecule has 5 nitrogen and oxygen atoms in total. The number of benzene rings is 1. The fraction of sp³-hybridized carbons (Fsp3) is 0.143. The molecular formula is C7H8O5S2. The molecule has 0 aromatic heterocycles. The molecule has 0 amide bonds. The van der Waals surface area contributed by atoms with E-state index >= 15 is 0 Å². The SMILES string of the molecule is CS(=O)(=O)c1cccc(S(=O)(=O)O)c1. The van der Waals surface area contributed by atoms with E-state index in [1.807, 2.05) is 0 Å². The molecule has 1 N–H and O–H groups in total. The van der Waals surface area contributed by atoms with Gasteiger partial charge in [0.25, 0.3) is 10.1 Å². The first-order valence-electron chi connectivity index (χ1n) is 3.49. The molecule has 1 rings (SSSR count). The molecule has 0 aliphatic rings. The number of rotatable bonds is 2. The van der Waals surface area contributed by atoms with Gasteiger partial charge in [-0.25, -0.2) is 8.42 Å². The van der Waals surface area contributed by atoms with Crippen LogP contribution in [0.5, 0.6) is 0 Å². The van der Waals surface area contributed by atoms with Crippen molar-refractivity contribution >= 4 is 20.0 Å². The van der Waals surface area contributed by atoms with Gasteiger partial charge in [0.15, 0.2) is 9.84 Å². The van der Waals surface area contributed by atoms with Crippen molar-refractivity contribution in [2.45, 2.75) is 9.79 Å². The van der Waals surface area contributed by atoms with Gasteiger partial charge in [0.2, 0.25) is 0 Å². The highest BCUT2D eigenvalue weighted by molar-refractivity contribution is 7.90. The Labute approximate surface area is 82.1 Å². The average Bonchev–Trinajstić information content (AvgIpc) is 2.01. The second-order valence-corrected chi connectivity index (χ2v) is 6.16. The fourth-order valence-corrected chi connectivity index (χ4v) is 2.13. The van der Waals surface area contributed by atoms with Crippen LogP contribution < -0.4 is 0 Å². The van der Waals surface area contributed by atoms with Gasteiger partial charge in [-0.15, -0.1) is 0 Å². The summed E-state index contributed by atoms with van der Waals surface area (Å²) in [7, 11) is -7.81. The van der Waals surface area contributed by atoms with Gasteiger partial charge in [-0.3, -0.25) is 4.55 Å². The molecule has 0 saturated heterocycles. The smallest absolute Gasteiger partial charge is 0.282 e. The standard InChI is InChI=1S/C7H8O5S2/c1-13(8,9)6-3-2-4-7(5-6)14(10,11)12/h2-5H,1H3,(H,10,11,12). The van der Waals surface area contributed by atoms with Crippen LogP contribution in [0.4, 0.5) is 0 Å². The lowest BCUT2D eigenvalue weighted by atomic mass is 10.4. The van der Waals surface area contributed by atoms with E-state index in [9.17, 15) is 16.8 Å². The van der Waals surface area contributed by atoms with E-state index < -0.39 is 24.9 Å². The zero-order valence-electron chi connectivity index (χ0n) is 7.21. The summed E-state index contributed by atoms with van der Waals surface area (Å²) < 4.78 is 52.1. The van der Waals surface area contributed by atoms with Crippen LogP contribution in [-0.4, -0.2) is 27.6 Å². The molecule has 1 aromatic rings. The zero-order valence-corrected chi connectivity index (χ0v) is 8.84. The van der Waals surface area contributed by atoms with E-state index in [1.54, 1.807) is 0 Å². The first kappa shape index (κ1) is 11.2. The van der Waals surface area contributed by atoms with Crippen molar-refractivity contribution in [1.29, 1.82) is 0 Å². The van der Waals surface area contributed by atoms with Crippen LogP contribution in [0.1, 0.15) is 0 Å². The maximum absolute atomic E-state index is 11.0. The maximum atomic E-state index is 11.0. The summed E-state index contributed by atoms with van der Waals surface area (Å²) >= 11 is 0. The predicted molar refractivity (Wildman–Crippen MR) is 49.4 cm³/mol. The Bertz CT molecular complexity index is 494. The summed E-state index contributed by atoms with van der Waals surface area (Å²) in [5.41, 5.74) is 0. The summed E-state index contributed by atoms with van der Waals surface area (Å²) in [5.74, 6) is 0. The summed E-state index contributed by atoms with van der Waals surface area (Å²) in [6, 6.07) is 4.53. The number of sulfone groups is 1. The van der Waals surface area contributed by atoms with Crippen molar-refractivity contribution in [3.05, 3.63) is 24.3 Å². The lowest BCUT2D eigenvalue weighted by molar-refractivity contribution is 0.483. The Kier molecular flexibility index (Phi) is 2.66. The minimum atomic E-state index is -4.35. The van der Waals surface area contributed by atoms with Crippen molar-refractivity contribution in [2.24, 2.45) is 0 Å². The summed E-state index contributed by atoms with van der Waals surface area (Å²) in [4.78, 5) is -0.576. The quantitative estimate of drug-likeness (QED) is 0.748. The van der Waals surface area contributed by atoms with Crippen LogP contribution in [0.2, 0.25) is 0 Å². The lowest BCUT2D eigenvalue weighted by Crippen LogP contribution is -2.02. The first-order chi connectivity index (χ1) is 6.21. The molecule has 0 radical (unpaired) electrons. The Morgan fingerprint density at radius 1 is 1.07 bits per heavy atom. The Balaban J connectivity index is 3.44. The predicted octanol–water partition coefficient (Wildman–Crippen LogP) is 0.337. The third kappa shape index (κ3) is 2.53. The molecule has 0 bridgehead atoms. The van der Waals surface area contributed by atoms with E-state index in [4.69, 9.17) is 4.55 Å². The third-order valence-corrected chi connectivity index (χ3v) is 3.49. The Hall–Kier alpha value is -0.920. The molecule has 14 heavy (non-hydrogen) atoms. The highest BCUT2D eigenvalue weighted by atomic mass is 32.2. The van der Waals surface area contributed by atoms with Gasteiger partial charge < -0.3 is 0 Å². The topological polar surface area (TPSA) is 88.5 Å². The van der Waals surface area contributed by atoms with E-state index in [0.717, 1.165) is 18.4 Å². The number of hydrogen-bond acceptors (Lipinski definition) is 4. The van der Waals surface area contributed by atoms with Crippen molar-refractivity contribution in [1.82, 2.24) is 0 Å². The van der Waals surface area contributed by atoms with Crippen LogP contribution in [0, 0.1) is 0 Å². The van der Waals surface area contributed by atoms with Crippen molar-refractivity contribution < 1.29 is 21.4 Å². The summed E-state index contributed by atoms with van der Waals surface area (Å²) in [6.45, 7) is 0. The van der Waals surface area contributed by atoms with Crippen molar-refractivity contribution in [3.8, 4) is 0 Å². The molecule has 0 atom stereocenters. The van der Waals surface area contributed by atoms with Gasteiger partial charge in [-0.05, 0) is 18.2 Å². The number of hydrogen-bond donors (Lipinski definition) is 1. The summed E-state index contributed by atoms with van der Waals surface area (Å²) in [5, 5.41) is 0. The summed E-state index contributed by atoms with van der Waals surface area (Å²) in [6.07, 6.45) is 0.954. The van der Waals surface area contributed by atoms with E-state index in [2.05, 4.69) is 0 Å². The van der Waals surface area contributed by atoms with E-state index in [-0.39, 0.29) is 4.90 Å².